The van der Waals surface area contributed by atoms with E-state index in [1.165, 1.54) is 5.56 Å². The quantitative estimate of drug-likeness (QED) is 0.387. The predicted octanol–water partition coefficient (Wildman–Crippen LogP) is 4.27. The molecule has 1 amide bonds. The third kappa shape index (κ3) is 4.82. The van der Waals surface area contributed by atoms with Gasteiger partial charge in [-0.1, -0.05) is 18.2 Å². The molecule has 1 aliphatic rings. The second-order valence-corrected chi connectivity index (χ2v) is 8.72. The number of nitrogens with zero attached hydrogens (tertiary/aromatic N) is 4. The molecule has 5 rings (SSSR count). The number of nitrogens with one attached hydrogen (secondary N) is 3. The van der Waals surface area contributed by atoms with Gasteiger partial charge < -0.3 is 20.5 Å². The van der Waals surface area contributed by atoms with Crippen molar-refractivity contribution < 1.29 is 4.79 Å². The number of carbonyl (C=O) groups excluding carboxylic acids is 1. The van der Waals surface area contributed by atoms with Crippen molar-refractivity contribution in [2.75, 3.05) is 31.3 Å². The Labute approximate surface area is 198 Å². The number of carbonyl (C=O) groups is 1. The first kappa shape index (κ1) is 21.8. The maximum absolute atomic E-state index is 12.5. The number of aryl methyl sites for hydroxylation is 1. The smallest absolute Gasteiger partial charge is 0.228 e. The Kier molecular flexibility index (Phi) is 6.05. The minimum absolute atomic E-state index is 0.0914. The van der Waals surface area contributed by atoms with Crippen molar-refractivity contribution in [3.63, 3.8) is 0 Å². The van der Waals surface area contributed by atoms with Crippen LogP contribution in [-0.4, -0.2) is 51.4 Å². The van der Waals surface area contributed by atoms with Crippen molar-refractivity contribution >= 4 is 23.2 Å². The molecule has 0 saturated heterocycles. The normalized spacial score (nSPS) is 12.6. The summed E-state index contributed by atoms with van der Waals surface area (Å²) in [5.41, 5.74) is 6.23. The Bertz CT molecular complexity index is 1310. The summed E-state index contributed by atoms with van der Waals surface area (Å²) < 4.78 is 0. The summed E-state index contributed by atoms with van der Waals surface area (Å²) >= 11 is 0. The number of rotatable bonds is 7. The summed E-state index contributed by atoms with van der Waals surface area (Å²) in [6.07, 6.45) is 7.55. The van der Waals surface area contributed by atoms with Crippen molar-refractivity contribution in [1.82, 2.24) is 24.8 Å². The summed E-state index contributed by atoms with van der Waals surface area (Å²) in [6, 6.07) is 14.2. The van der Waals surface area contributed by atoms with Crippen LogP contribution in [0.3, 0.4) is 0 Å². The van der Waals surface area contributed by atoms with Gasteiger partial charge in [0.25, 0.3) is 0 Å². The Morgan fingerprint density at radius 3 is 2.85 bits per heavy atom. The fourth-order valence-corrected chi connectivity index (χ4v) is 4.15. The molecule has 8 heteroatoms. The first-order valence-electron chi connectivity index (χ1n) is 11.4. The summed E-state index contributed by atoms with van der Waals surface area (Å²) in [5.74, 6) is 1.16. The number of aromatic amines is 1. The van der Waals surface area contributed by atoms with Gasteiger partial charge in [-0.05, 0) is 63.3 Å². The molecular formula is C26H27N7O. The number of fused-ring (bicyclic) bond motifs is 3. The molecule has 34 heavy (non-hydrogen) atoms. The number of imidazole rings is 1. The van der Waals surface area contributed by atoms with E-state index in [0.717, 1.165) is 53.3 Å². The summed E-state index contributed by atoms with van der Waals surface area (Å²) in [4.78, 5) is 31.4. The molecular weight excluding hydrogens is 426 g/mol. The van der Waals surface area contributed by atoms with Gasteiger partial charge in [0, 0.05) is 41.0 Å². The zero-order valence-corrected chi connectivity index (χ0v) is 19.3. The average molecular weight is 454 g/mol. The van der Waals surface area contributed by atoms with Gasteiger partial charge in [0.1, 0.15) is 5.82 Å². The maximum Gasteiger partial charge on any atom is 0.228 e. The number of benzene rings is 2. The van der Waals surface area contributed by atoms with E-state index in [4.69, 9.17) is 4.98 Å². The summed E-state index contributed by atoms with van der Waals surface area (Å²) in [6.45, 7) is 1.05. The highest BCUT2D eigenvalue weighted by Gasteiger charge is 2.22. The van der Waals surface area contributed by atoms with Crippen LogP contribution in [0.1, 0.15) is 17.5 Å². The maximum atomic E-state index is 12.5. The second kappa shape index (κ2) is 9.44. The third-order valence-corrected chi connectivity index (χ3v) is 5.79. The number of hydrogen-bond donors (Lipinski definition) is 3. The minimum atomic E-state index is -0.0914. The number of aromatic nitrogens is 4. The van der Waals surface area contributed by atoms with E-state index in [2.05, 4.69) is 56.7 Å². The molecule has 0 unspecified atom stereocenters. The van der Waals surface area contributed by atoms with Crippen molar-refractivity contribution in [3.8, 4) is 22.6 Å². The fourth-order valence-electron chi connectivity index (χ4n) is 4.15. The predicted molar refractivity (Wildman–Crippen MR) is 134 cm³/mol. The van der Waals surface area contributed by atoms with Crippen LogP contribution in [0.4, 0.5) is 17.3 Å². The zero-order valence-electron chi connectivity index (χ0n) is 19.3. The van der Waals surface area contributed by atoms with Crippen molar-refractivity contribution in [1.29, 1.82) is 0 Å². The molecule has 2 aromatic heterocycles. The van der Waals surface area contributed by atoms with Gasteiger partial charge in [0.2, 0.25) is 11.9 Å². The highest BCUT2D eigenvalue weighted by atomic mass is 16.1. The molecule has 0 aliphatic carbocycles. The Balaban J connectivity index is 1.43. The monoisotopic (exact) mass is 453 g/mol. The van der Waals surface area contributed by atoms with E-state index in [1.807, 2.05) is 30.3 Å². The first-order chi connectivity index (χ1) is 16.5. The van der Waals surface area contributed by atoms with Crippen LogP contribution in [0, 0.1) is 0 Å². The molecule has 4 aromatic rings. The van der Waals surface area contributed by atoms with Gasteiger partial charge in [-0.3, -0.25) is 4.79 Å². The van der Waals surface area contributed by atoms with Gasteiger partial charge in [0.05, 0.1) is 17.8 Å². The van der Waals surface area contributed by atoms with Crippen molar-refractivity contribution in [2.45, 2.75) is 19.3 Å². The lowest BCUT2D eigenvalue weighted by Crippen LogP contribution is -2.13. The number of anilines is 3. The van der Waals surface area contributed by atoms with Crippen LogP contribution in [0.15, 0.2) is 61.1 Å². The Morgan fingerprint density at radius 2 is 2.03 bits per heavy atom. The molecule has 1 aliphatic heterocycles. The van der Waals surface area contributed by atoms with Crippen LogP contribution in [-0.2, 0) is 17.6 Å². The molecule has 0 atom stereocenters. The van der Waals surface area contributed by atoms with E-state index in [9.17, 15) is 4.79 Å². The van der Waals surface area contributed by atoms with Crippen LogP contribution in [0.2, 0.25) is 0 Å². The lowest BCUT2D eigenvalue weighted by Gasteiger charge is -2.12. The standard InChI is InChI=1S/C26H27N7O/c1-33(2)12-4-6-17-5-3-7-20(13-17)30-26-29-16-19-15-23(34)31-22-14-18(25-27-10-11-28-25)8-9-21(22)24(19)32-26/h3,5,7-11,13-14,16H,4,6,12,15H2,1-2H3,(H,27,28)(H,31,34)(H,29,30,32). The Morgan fingerprint density at radius 1 is 1.12 bits per heavy atom. The van der Waals surface area contributed by atoms with E-state index < -0.39 is 0 Å². The zero-order chi connectivity index (χ0) is 23.5. The topological polar surface area (TPSA) is 98.8 Å². The minimum Gasteiger partial charge on any atom is -0.345 e. The average Bonchev–Trinajstić information content (AvgIpc) is 3.31. The number of hydrogen-bond acceptors (Lipinski definition) is 6. The van der Waals surface area contributed by atoms with Gasteiger partial charge in [-0.2, -0.15) is 0 Å². The highest BCUT2D eigenvalue weighted by Crippen LogP contribution is 2.35. The van der Waals surface area contributed by atoms with Gasteiger partial charge in [0.15, 0.2) is 0 Å². The van der Waals surface area contributed by atoms with Crippen LogP contribution in [0.25, 0.3) is 22.6 Å². The Hall–Kier alpha value is -4.04. The molecule has 3 heterocycles. The number of amides is 1. The largest absolute Gasteiger partial charge is 0.345 e. The van der Waals surface area contributed by atoms with Crippen molar-refractivity contribution in [2.24, 2.45) is 0 Å². The van der Waals surface area contributed by atoms with Crippen LogP contribution < -0.4 is 10.6 Å². The molecule has 0 radical (unpaired) electrons. The third-order valence-electron chi connectivity index (χ3n) is 5.79. The lowest BCUT2D eigenvalue weighted by molar-refractivity contribution is -0.115. The summed E-state index contributed by atoms with van der Waals surface area (Å²) in [7, 11) is 4.18. The number of H-pyrrole nitrogens is 1. The fraction of sp³-hybridized carbons (Fsp3) is 0.231. The first-order valence-corrected chi connectivity index (χ1v) is 11.4. The van der Waals surface area contributed by atoms with E-state index in [0.29, 0.717) is 11.6 Å². The molecule has 0 fully saturated rings. The second-order valence-electron chi connectivity index (χ2n) is 8.72. The molecule has 172 valence electrons. The van der Waals surface area contributed by atoms with Gasteiger partial charge >= 0.3 is 0 Å². The van der Waals surface area contributed by atoms with E-state index in [-0.39, 0.29) is 12.3 Å². The molecule has 3 N–H and O–H groups in total. The van der Waals surface area contributed by atoms with Crippen molar-refractivity contribution in [3.05, 3.63) is 72.2 Å². The molecule has 2 aromatic carbocycles. The van der Waals surface area contributed by atoms with E-state index >= 15 is 0 Å². The molecule has 0 bridgehead atoms. The highest BCUT2D eigenvalue weighted by molar-refractivity contribution is 6.00. The molecule has 0 spiro atoms. The lowest BCUT2D eigenvalue weighted by atomic mass is 10.0. The van der Waals surface area contributed by atoms with Gasteiger partial charge in [-0.15, -0.1) is 0 Å². The van der Waals surface area contributed by atoms with E-state index in [1.54, 1.807) is 18.6 Å². The molecule has 0 saturated carbocycles. The SMILES string of the molecule is CN(C)CCCc1cccc(Nc2ncc3c(n2)-c2ccc(-c4ncc[nH]4)cc2NC(=O)C3)c1. The van der Waals surface area contributed by atoms with Gasteiger partial charge in [-0.25, -0.2) is 15.0 Å². The molecule has 8 nitrogen and oxygen atoms in total. The van der Waals surface area contributed by atoms with Crippen LogP contribution >= 0.6 is 0 Å². The summed E-state index contributed by atoms with van der Waals surface area (Å²) in [5, 5.41) is 6.34. The van der Waals surface area contributed by atoms with Crippen LogP contribution in [0.5, 0.6) is 0 Å².